The van der Waals surface area contributed by atoms with Gasteiger partial charge in [-0.3, -0.25) is 9.82 Å². The van der Waals surface area contributed by atoms with Gasteiger partial charge >= 0.3 is 0 Å². The van der Waals surface area contributed by atoms with Gasteiger partial charge in [0.15, 0.2) is 0 Å². The molecule has 19 heavy (non-hydrogen) atoms. The SMILES string of the molecule is Cc1n[nH]c(C)c1NS(=O)(=O)c1ccc(F)cc1F. The molecule has 0 amide bonds. The van der Waals surface area contributed by atoms with Gasteiger partial charge in [0.2, 0.25) is 0 Å². The summed E-state index contributed by atoms with van der Waals surface area (Å²) in [4.78, 5) is -0.617. The summed E-state index contributed by atoms with van der Waals surface area (Å²) in [5, 5.41) is 6.43. The first-order valence-electron chi connectivity index (χ1n) is 5.30. The highest BCUT2D eigenvalue weighted by Crippen LogP contribution is 2.23. The van der Waals surface area contributed by atoms with Gasteiger partial charge in [-0.05, 0) is 26.0 Å². The summed E-state index contributed by atoms with van der Waals surface area (Å²) in [5.41, 5.74) is 1.19. The molecular formula is C11H11F2N3O2S. The molecular weight excluding hydrogens is 276 g/mol. The Morgan fingerprint density at radius 3 is 2.47 bits per heavy atom. The van der Waals surface area contributed by atoms with Crippen molar-refractivity contribution >= 4 is 15.7 Å². The lowest BCUT2D eigenvalue weighted by atomic mass is 10.3. The number of nitrogens with one attached hydrogen (secondary N) is 2. The second-order valence-corrected chi connectivity index (χ2v) is 5.64. The molecule has 0 saturated heterocycles. The maximum Gasteiger partial charge on any atom is 0.264 e. The van der Waals surface area contributed by atoms with Gasteiger partial charge in [-0.1, -0.05) is 0 Å². The number of hydrogen-bond donors (Lipinski definition) is 2. The van der Waals surface area contributed by atoms with Crippen molar-refractivity contribution in [2.24, 2.45) is 0 Å². The van der Waals surface area contributed by atoms with E-state index in [9.17, 15) is 17.2 Å². The second-order valence-electron chi connectivity index (χ2n) is 3.99. The van der Waals surface area contributed by atoms with Crippen LogP contribution < -0.4 is 4.72 Å². The van der Waals surface area contributed by atoms with E-state index in [1.165, 1.54) is 0 Å². The van der Waals surface area contributed by atoms with Gasteiger partial charge in [-0.2, -0.15) is 5.10 Å². The summed E-state index contributed by atoms with van der Waals surface area (Å²) < 4.78 is 52.5. The van der Waals surface area contributed by atoms with Crippen LogP contribution in [0, 0.1) is 25.5 Å². The number of halogens is 2. The molecule has 1 aromatic carbocycles. The van der Waals surface area contributed by atoms with Crippen LogP contribution in [-0.4, -0.2) is 18.6 Å². The third kappa shape index (κ3) is 2.58. The van der Waals surface area contributed by atoms with E-state index in [1.54, 1.807) is 13.8 Å². The van der Waals surface area contributed by atoms with Gasteiger partial charge in [-0.25, -0.2) is 17.2 Å². The molecule has 0 unspecified atom stereocenters. The van der Waals surface area contributed by atoms with Crippen molar-refractivity contribution in [2.75, 3.05) is 4.72 Å². The Morgan fingerprint density at radius 2 is 1.95 bits per heavy atom. The molecule has 0 atom stereocenters. The number of aromatic amines is 1. The van der Waals surface area contributed by atoms with E-state index in [0.717, 1.165) is 12.1 Å². The van der Waals surface area contributed by atoms with Crippen LogP contribution >= 0.6 is 0 Å². The van der Waals surface area contributed by atoms with Crippen molar-refractivity contribution in [3.05, 3.63) is 41.2 Å². The van der Waals surface area contributed by atoms with Gasteiger partial charge in [0.25, 0.3) is 10.0 Å². The van der Waals surface area contributed by atoms with Crippen LogP contribution in [0.25, 0.3) is 0 Å². The van der Waals surface area contributed by atoms with E-state index in [2.05, 4.69) is 14.9 Å². The number of anilines is 1. The van der Waals surface area contributed by atoms with Crippen molar-refractivity contribution in [1.29, 1.82) is 0 Å². The fraction of sp³-hybridized carbons (Fsp3) is 0.182. The molecule has 0 aliphatic heterocycles. The number of aromatic nitrogens is 2. The average molecular weight is 287 g/mol. The molecule has 0 spiro atoms. The Morgan fingerprint density at radius 1 is 1.26 bits per heavy atom. The fourth-order valence-electron chi connectivity index (χ4n) is 1.58. The molecule has 102 valence electrons. The van der Waals surface area contributed by atoms with Crippen LogP contribution in [-0.2, 0) is 10.0 Å². The summed E-state index contributed by atoms with van der Waals surface area (Å²) in [5.74, 6) is -1.99. The van der Waals surface area contributed by atoms with Crippen molar-refractivity contribution in [1.82, 2.24) is 10.2 Å². The van der Waals surface area contributed by atoms with E-state index in [-0.39, 0.29) is 5.69 Å². The maximum atomic E-state index is 13.5. The Kier molecular flexibility index (Phi) is 3.27. The summed E-state index contributed by atoms with van der Waals surface area (Å²) in [6.45, 7) is 3.22. The quantitative estimate of drug-likeness (QED) is 0.907. The van der Waals surface area contributed by atoms with Gasteiger partial charge in [0.05, 0.1) is 17.1 Å². The Hall–Kier alpha value is -1.96. The average Bonchev–Trinajstić information content (AvgIpc) is 2.60. The summed E-state index contributed by atoms with van der Waals surface area (Å²) in [6, 6.07) is 2.27. The molecule has 1 aromatic heterocycles. The van der Waals surface area contributed by atoms with E-state index >= 15 is 0 Å². The molecule has 0 aliphatic rings. The molecule has 0 bridgehead atoms. The summed E-state index contributed by atoms with van der Waals surface area (Å²) in [6.07, 6.45) is 0. The van der Waals surface area contributed by atoms with Gasteiger partial charge in [0.1, 0.15) is 16.5 Å². The smallest absolute Gasteiger partial charge is 0.264 e. The highest BCUT2D eigenvalue weighted by atomic mass is 32.2. The lowest BCUT2D eigenvalue weighted by molar-refractivity contribution is 0.551. The lowest BCUT2D eigenvalue weighted by Gasteiger charge is -2.08. The lowest BCUT2D eigenvalue weighted by Crippen LogP contribution is -2.15. The number of rotatable bonds is 3. The zero-order valence-electron chi connectivity index (χ0n) is 10.2. The van der Waals surface area contributed by atoms with Gasteiger partial charge < -0.3 is 0 Å². The third-order valence-electron chi connectivity index (χ3n) is 2.55. The number of benzene rings is 1. The highest BCUT2D eigenvalue weighted by molar-refractivity contribution is 7.92. The number of aryl methyl sites for hydroxylation is 2. The molecule has 0 aliphatic carbocycles. The third-order valence-corrected chi connectivity index (χ3v) is 3.93. The van der Waals surface area contributed by atoms with E-state index < -0.39 is 26.6 Å². The Balaban J connectivity index is 2.44. The topological polar surface area (TPSA) is 74.8 Å². The van der Waals surface area contributed by atoms with Crippen LogP contribution in [0.15, 0.2) is 23.1 Å². The monoisotopic (exact) mass is 287 g/mol. The zero-order chi connectivity index (χ0) is 14.2. The molecule has 0 radical (unpaired) electrons. The summed E-state index contributed by atoms with van der Waals surface area (Å²) >= 11 is 0. The molecule has 2 aromatic rings. The number of sulfonamides is 1. The Labute approximate surface area is 108 Å². The molecule has 0 fully saturated rings. The van der Waals surface area contributed by atoms with Crippen LogP contribution in [0.4, 0.5) is 14.5 Å². The van der Waals surface area contributed by atoms with Crippen LogP contribution in [0.3, 0.4) is 0 Å². The van der Waals surface area contributed by atoms with Crippen molar-refractivity contribution in [3.63, 3.8) is 0 Å². The zero-order valence-corrected chi connectivity index (χ0v) is 11.0. The predicted molar refractivity (Wildman–Crippen MR) is 65.2 cm³/mol. The van der Waals surface area contributed by atoms with E-state index in [0.29, 0.717) is 17.5 Å². The number of nitrogens with zero attached hydrogens (tertiary/aromatic N) is 1. The number of H-pyrrole nitrogens is 1. The molecule has 2 rings (SSSR count). The van der Waals surface area contributed by atoms with Crippen molar-refractivity contribution in [2.45, 2.75) is 18.7 Å². The van der Waals surface area contributed by atoms with Crippen LogP contribution in [0.5, 0.6) is 0 Å². The largest absolute Gasteiger partial charge is 0.280 e. The van der Waals surface area contributed by atoms with Gasteiger partial charge in [0, 0.05) is 6.07 Å². The fourth-order valence-corrected chi connectivity index (χ4v) is 2.83. The highest BCUT2D eigenvalue weighted by Gasteiger charge is 2.22. The van der Waals surface area contributed by atoms with Crippen molar-refractivity contribution in [3.8, 4) is 0 Å². The number of hydrogen-bond acceptors (Lipinski definition) is 3. The van der Waals surface area contributed by atoms with Crippen LogP contribution in [0.2, 0.25) is 0 Å². The summed E-state index contributed by atoms with van der Waals surface area (Å²) in [7, 11) is -4.13. The van der Waals surface area contributed by atoms with E-state index in [4.69, 9.17) is 0 Å². The molecule has 2 N–H and O–H groups in total. The predicted octanol–water partition coefficient (Wildman–Crippen LogP) is 2.11. The first kappa shape index (κ1) is 13.5. The normalized spacial score (nSPS) is 11.6. The molecule has 5 nitrogen and oxygen atoms in total. The first-order chi connectivity index (χ1) is 8.81. The van der Waals surface area contributed by atoms with E-state index in [1.807, 2.05) is 0 Å². The molecule has 1 heterocycles. The maximum absolute atomic E-state index is 13.5. The van der Waals surface area contributed by atoms with Crippen LogP contribution in [0.1, 0.15) is 11.4 Å². The standard InChI is InChI=1S/C11H11F2N3O2S/c1-6-11(7(2)15-14-6)16-19(17,18)10-4-3-8(12)5-9(10)13/h3-5,16H,1-2H3,(H,14,15). The minimum absolute atomic E-state index is 0.253. The molecule has 8 heteroatoms. The minimum Gasteiger partial charge on any atom is -0.280 e. The minimum atomic E-state index is -4.13. The van der Waals surface area contributed by atoms with Crippen molar-refractivity contribution < 1.29 is 17.2 Å². The van der Waals surface area contributed by atoms with Gasteiger partial charge in [-0.15, -0.1) is 0 Å². The molecule has 0 saturated carbocycles. The Bertz CT molecular complexity index is 706. The first-order valence-corrected chi connectivity index (χ1v) is 6.79. The second kappa shape index (κ2) is 4.61.